The van der Waals surface area contributed by atoms with Gasteiger partial charge in [0.05, 0.1) is 13.3 Å². The van der Waals surface area contributed by atoms with Crippen LogP contribution in [0.15, 0.2) is 35.7 Å². The third-order valence-electron chi connectivity index (χ3n) is 3.01. The van der Waals surface area contributed by atoms with Crippen LogP contribution in [0.4, 0.5) is 0 Å². The Bertz CT molecular complexity index is 768. The van der Waals surface area contributed by atoms with Gasteiger partial charge in [-0.1, -0.05) is 0 Å². The molecule has 1 aromatic heterocycles. The molecule has 0 bridgehead atoms. The molecular weight excluding hydrogens is 288 g/mol. The van der Waals surface area contributed by atoms with E-state index in [1.54, 1.807) is 6.07 Å². The van der Waals surface area contributed by atoms with Gasteiger partial charge in [-0.3, -0.25) is 9.59 Å². The lowest BCUT2D eigenvalue weighted by atomic mass is 10.2. The lowest BCUT2D eigenvalue weighted by Gasteiger charge is -2.06. The predicted molar refractivity (Wildman–Crippen MR) is 74.8 cm³/mol. The first-order valence-electron chi connectivity index (χ1n) is 6.22. The molecule has 8 nitrogen and oxygen atoms in total. The molecule has 1 aliphatic heterocycles. The molecule has 0 saturated carbocycles. The van der Waals surface area contributed by atoms with Gasteiger partial charge in [0.25, 0.3) is 0 Å². The minimum absolute atomic E-state index is 0.0196. The first-order valence-corrected chi connectivity index (χ1v) is 6.22. The summed E-state index contributed by atoms with van der Waals surface area (Å²) in [5, 5.41) is 14.1. The maximum Gasteiger partial charge on any atom is 0.302 e. The van der Waals surface area contributed by atoms with Crippen LogP contribution in [0.5, 0.6) is 11.5 Å². The van der Waals surface area contributed by atoms with E-state index in [1.807, 2.05) is 0 Å². The van der Waals surface area contributed by atoms with E-state index in [0.717, 1.165) is 0 Å². The minimum atomic E-state index is -0.630. The highest BCUT2D eigenvalue weighted by Crippen LogP contribution is 2.26. The van der Waals surface area contributed by atoms with Crippen molar-refractivity contribution in [2.75, 3.05) is 7.11 Å². The number of methoxy groups -OCH3 is 1. The van der Waals surface area contributed by atoms with Crippen LogP contribution in [0.2, 0.25) is 0 Å². The van der Waals surface area contributed by atoms with E-state index in [1.165, 1.54) is 37.9 Å². The summed E-state index contributed by atoms with van der Waals surface area (Å²) in [5.74, 6) is -1.02. The van der Waals surface area contributed by atoms with E-state index < -0.39 is 11.8 Å². The molecule has 0 aliphatic carbocycles. The summed E-state index contributed by atoms with van der Waals surface area (Å²) in [7, 11) is 1.41. The van der Waals surface area contributed by atoms with Crippen molar-refractivity contribution in [3.8, 4) is 11.5 Å². The normalized spacial score (nSPS) is 13.8. The van der Waals surface area contributed by atoms with Crippen LogP contribution in [-0.2, 0) is 0 Å². The average Bonchev–Trinajstić information content (AvgIpc) is 2.79. The van der Waals surface area contributed by atoms with Gasteiger partial charge in [-0.15, -0.1) is 0 Å². The molecule has 110 valence electrons. The largest absolute Gasteiger partial charge is 0.504 e. The summed E-state index contributed by atoms with van der Waals surface area (Å²) in [4.78, 5) is 31.7. The topological polar surface area (TPSA) is 105 Å². The second kappa shape index (κ2) is 5.24. The lowest BCUT2D eigenvalue weighted by molar-refractivity contribution is 0.0656. The molecular formula is C14H10N4O4. The summed E-state index contributed by atoms with van der Waals surface area (Å²) in [5.41, 5.74) is 0.507. The zero-order chi connectivity index (χ0) is 15.7. The Morgan fingerprint density at radius 3 is 2.41 bits per heavy atom. The Morgan fingerprint density at radius 2 is 1.82 bits per heavy atom. The number of imide groups is 1. The van der Waals surface area contributed by atoms with Crippen molar-refractivity contribution >= 4 is 18.0 Å². The van der Waals surface area contributed by atoms with Crippen molar-refractivity contribution in [1.82, 2.24) is 15.0 Å². The molecule has 2 aromatic rings. The smallest absolute Gasteiger partial charge is 0.302 e. The van der Waals surface area contributed by atoms with E-state index in [2.05, 4.69) is 15.1 Å². The molecule has 22 heavy (non-hydrogen) atoms. The molecule has 0 fully saturated rings. The number of nitrogens with zero attached hydrogens (tertiary/aromatic N) is 4. The van der Waals surface area contributed by atoms with Gasteiger partial charge in [0, 0.05) is 12.4 Å². The highest BCUT2D eigenvalue weighted by atomic mass is 16.5. The molecule has 8 heteroatoms. The molecule has 0 unspecified atom stereocenters. The van der Waals surface area contributed by atoms with E-state index >= 15 is 0 Å². The van der Waals surface area contributed by atoms with Crippen molar-refractivity contribution in [2.24, 2.45) is 5.10 Å². The molecule has 0 saturated heterocycles. The van der Waals surface area contributed by atoms with Gasteiger partial charge in [-0.25, -0.2) is 9.97 Å². The predicted octanol–water partition coefficient (Wildman–Crippen LogP) is 0.821. The number of amides is 2. The molecule has 1 aromatic carbocycles. The summed E-state index contributed by atoms with van der Waals surface area (Å²) in [6, 6.07) is 4.51. The summed E-state index contributed by atoms with van der Waals surface area (Å²) in [6.45, 7) is 0. The number of ether oxygens (including phenoxy) is 1. The molecule has 0 spiro atoms. The van der Waals surface area contributed by atoms with E-state index in [0.29, 0.717) is 10.6 Å². The molecule has 3 rings (SSSR count). The average molecular weight is 298 g/mol. The van der Waals surface area contributed by atoms with Crippen LogP contribution in [0.3, 0.4) is 0 Å². The summed E-state index contributed by atoms with van der Waals surface area (Å²) >= 11 is 0. The van der Waals surface area contributed by atoms with Gasteiger partial charge in [-0.2, -0.15) is 10.1 Å². The fourth-order valence-corrected chi connectivity index (χ4v) is 1.95. The number of hydrazone groups is 1. The van der Waals surface area contributed by atoms with E-state index in [-0.39, 0.29) is 22.9 Å². The number of rotatable bonds is 3. The first kappa shape index (κ1) is 13.7. The lowest BCUT2D eigenvalue weighted by Crippen LogP contribution is -2.24. The Hall–Kier alpha value is -3.29. The Labute approximate surface area is 124 Å². The van der Waals surface area contributed by atoms with Crippen LogP contribution >= 0.6 is 0 Å². The molecule has 2 amide bonds. The zero-order valence-corrected chi connectivity index (χ0v) is 11.4. The fourth-order valence-electron chi connectivity index (χ4n) is 1.95. The van der Waals surface area contributed by atoms with Crippen LogP contribution in [0.1, 0.15) is 26.5 Å². The number of aromatic hydroxyl groups is 1. The number of aromatic nitrogens is 2. The van der Waals surface area contributed by atoms with E-state index in [4.69, 9.17) is 4.74 Å². The van der Waals surface area contributed by atoms with Gasteiger partial charge in [0.1, 0.15) is 0 Å². The van der Waals surface area contributed by atoms with Crippen molar-refractivity contribution < 1.29 is 19.4 Å². The summed E-state index contributed by atoms with van der Waals surface area (Å²) in [6.07, 6.45) is 3.98. The van der Waals surface area contributed by atoms with Crippen LogP contribution < -0.4 is 4.74 Å². The van der Waals surface area contributed by atoms with Crippen LogP contribution in [-0.4, -0.2) is 45.2 Å². The van der Waals surface area contributed by atoms with Crippen molar-refractivity contribution in [2.45, 2.75) is 0 Å². The van der Waals surface area contributed by atoms with Gasteiger partial charge in [0.15, 0.2) is 22.9 Å². The molecule has 2 heterocycles. The molecule has 0 radical (unpaired) electrons. The molecule has 1 N–H and O–H groups in total. The summed E-state index contributed by atoms with van der Waals surface area (Å²) < 4.78 is 4.97. The number of fused-ring (bicyclic) bond motifs is 1. The highest BCUT2D eigenvalue weighted by Gasteiger charge is 2.38. The minimum Gasteiger partial charge on any atom is -0.504 e. The van der Waals surface area contributed by atoms with Crippen molar-refractivity contribution in [3.05, 3.63) is 47.5 Å². The maximum atomic E-state index is 12.0. The SMILES string of the molecule is COc1cc(/C=N/N2C(=O)c3nccnc3C2=O)ccc1O. The maximum absolute atomic E-state index is 12.0. The molecule has 1 aliphatic rings. The third kappa shape index (κ3) is 2.16. The third-order valence-corrected chi connectivity index (χ3v) is 3.01. The first-order chi connectivity index (χ1) is 10.6. The number of carbonyl (C=O) groups is 2. The second-order valence-electron chi connectivity index (χ2n) is 4.35. The standard InChI is InChI=1S/C14H10N4O4/c1-22-10-6-8(2-3-9(10)19)7-17-18-13(20)11-12(14(18)21)16-5-4-15-11/h2-7,19H,1H3/b17-7+. The highest BCUT2D eigenvalue weighted by molar-refractivity contribution is 6.19. The monoisotopic (exact) mass is 298 g/mol. The Kier molecular flexibility index (Phi) is 3.26. The fraction of sp³-hybridized carbons (Fsp3) is 0.0714. The van der Waals surface area contributed by atoms with Crippen molar-refractivity contribution in [3.63, 3.8) is 0 Å². The Balaban J connectivity index is 1.88. The van der Waals surface area contributed by atoms with Gasteiger partial charge in [0.2, 0.25) is 0 Å². The van der Waals surface area contributed by atoms with Gasteiger partial charge >= 0.3 is 11.8 Å². The number of phenols is 1. The number of carbonyl (C=O) groups excluding carboxylic acids is 2. The Morgan fingerprint density at radius 1 is 1.18 bits per heavy atom. The van der Waals surface area contributed by atoms with Crippen LogP contribution in [0, 0.1) is 0 Å². The van der Waals surface area contributed by atoms with E-state index in [9.17, 15) is 14.7 Å². The number of benzene rings is 1. The molecule has 0 atom stereocenters. The number of hydrogen-bond acceptors (Lipinski definition) is 7. The zero-order valence-electron chi connectivity index (χ0n) is 11.4. The second-order valence-corrected chi connectivity index (χ2v) is 4.35. The van der Waals surface area contributed by atoms with Gasteiger partial charge < -0.3 is 9.84 Å². The number of hydrogen-bond donors (Lipinski definition) is 1. The van der Waals surface area contributed by atoms with Gasteiger partial charge in [-0.05, 0) is 23.8 Å². The number of phenolic OH excluding ortho intramolecular Hbond substituents is 1. The van der Waals surface area contributed by atoms with Crippen molar-refractivity contribution in [1.29, 1.82) is 0 Å². The van der Waals surface area contributed by atoms with Crippen LogP contribution in [0.25, 0.3) is 0 Å². The quantitative estimate of drug-likeness (QED) is 0.664.